The van der Waals surface area contributed by atoms with Crippen LogP contribution in [0.5, 0.6) is 0 Å². The summed E-state index contributed by atoms with van der Waals surface area (Å²) >= 11 is 1.56. The molecule has 3 heterocycles. The molecule has 0 saturated carbocycles. The lowest BCUT2D eigenvalue weighted by atomic mass is 10.1. The zero-order chi connectivity index (χ0) is 23.0. The quantitative estimate of drug-likeness (QED) is 0.422. The summed E-state index contributed by atoms with van der Waals surface area (Å²) in [5, 5.41) is 7.28. The van der Waals surface area contributed by atoms with Gasteiger partial charge in [-0.05, 0) is 56.3 Å². The highest BCUT2D eigenvalue weighted by Crippen LogP contribution is 2.31. The van der Waals surface area contributed by atoms with E-state index in [2.05, 4.69) is 15.5 Å². The number of carbonyl (C=O) groups excluding carboxylic acids is 1. The Balaban J connectivity index is 1.67. The topological polar surface area (TPSA) is 115 Å². The van der Waals surface area contributed by atoms with Crippen molar-refractivity contribution in [3.8, 4) is 10.6 Å². The third-order valence-electron chi connectivity index (χ3n) is 4.86. The number of nitrogens with one attached hydrogen (secondary N) is 1. The Labute approximate surface area is 188 Å². The first-order valence-electron chi connectivity index (χ1n) is 9.49. The molecule has 1 N–H and O–H groups in total. The van der Waals surface area contributed by atoms with Crippen LogP contribution in [0.15, 0.2) is 51.9 Å². The van der Waals surface area contributed by atoms with Crippen molar-refractivity contribution >= 4 is 44.1 Å². The number of carbonyl (C=O) groups is 1. The van der Waals surface area contributed by atoms with Crippen molar-refractivity contribution in [1.29, 1.82) is 0 Å². The highest BCUT2D eigenvalue weighted by Gasteiger charge is 2.22. The second-order valence-corrected chi connectivity index (χ2v) is 10.2. The smallest absolute Gasteiger partial charge is 0.264 e. The van der Waals surface area contributed by atoms with Gasteiger partial charge in [0.05, 0.1) is 39.2 Å². The fourth-order valence-electron chi connectivity index (χ4n) is 3.13. The average Bonchev–Trinajstić information content (AvgIpc) is 3.38. The van der Waals surface area contributed by atoms with Gasteiger partial charge in [0.1, 0.15) is 0 Å². The Morgan fingerprint density at radius 3 is 2.50 bits per heavy atom. The number of hydroxylamine groups is 1. The van der Waals surface area contributed by atoms with E-state index in [1.54, 1.807) is 24.3 Å². The van der Waals surface area contributed by atoms with Crippen molar-refractivity contribution in [3.05, 3.63) is 58.6 Å². The maximum Gasteiger partial charge on any atom is 0.264 e. The molecular formula is C21H20N4O5S2. The number of aryl methyl sites for hydroxylation is 2. The van der Waals surface area contributed by atoms with Crippen LogP contribution in [-0.4, -0.2) is 43.1 Å². The number of sulfonamides is 1. The van der Waals surface area contributed by atoms with Crippen LogP contribution >= 0.6 is 11.3 Å². The van der Waals surface area contributed by atoms with Crippen LogP contribution in [0.4, 0.5) is 5.69 Å². The molecule has 3 aromatic heterocycles. The largest absolute Gasteiger partial charge is 0.335 e. The molecule has 0 atom stereocenters. The number of amides is 1. The molecule has 0 radical (unpaired) electrons. The lowest BCUT2D eigenvalue weighted by molar-refractivity contribution is -0.0258. The van der Waals surface area contributed by atoms with Gasteiger partial charge in [-0.3, -0.25) is 9.63 Å². The Morgan fingerprint density at radius 1 is 1.16 bits per heavy atom. The minimum atomic E-state index is -3.78. The van der Waals surface area contributed by atoms with Gasteiger partial charge in [-0.2, -0.15) is 0 Å². The highest BCUT2D eigenvalue weighted by atomic mass is 32.2. The van der Waals surface area contributed by atoms with Gasteiger partial charge in [-0.25, -0.2) is 13.4 Å². The van der Waals surface area contributed by atoms with Gasteiger partial charge in [-0.1, -0.05) is 9.63 Å². The molecule has 0 spiro atoms. The fraction of sp³-hybridized carbons (Fsp3) is 0.190. The van der Waals surface area contributed by atoms with Gasteiger partial charge in [0.2, 0.25) is 0 Å². The van der Waals surface area contributed by atoms with Crippen LogP contribution in [-0.2, 0) is 14.9 Å². The van der Waals surface area contributed by atoms with Gasteiger partial charge in [0.25, 0.3) is 21.6 Å². The van der Waals surface area contributed by atoms with Crippen molar-refractivity contribution in [3.63, 3.8) is 0 Å². The molecule has 1 aromatic carbocycles. The molecule has 0 aliphatic carbocycles. The van der Waals surface area contributed by atoms with E-state index in [9.17, 15) is 13.2 Å². The Bertz CT molecular complexity index is 1410. The molecule has 0 fully saturated rings. The Morgan fingerprint density at radius 2 is 1.88 bits per heavy atom. The maximum atomic E-state index is 13.2. The summed E-state index contributed by atoms with van der Waals surface area (Å²) < 4.78 is 30.8. The number of nitrogens with zero attached hydrogens (tertiary/aromatic N) is 3. The second kappa shape index (κ2) is 8.43. The van der Waals surface area contributed by atoms with Crippen LogP contribution in [0.25, 0.3) is 21.7 Å². The van der Waals surface area contributed by atoms with Gasteiger partial charge >= 0.3 is 0 Å². The lowest BCUT2D eigenvalue weighted by Crippen LogP contribution is -2.25. The molecule has 9 nitrogen and oxygen atoms in total. The van der Waals surface area contributed by atoms with Crippen LogP contribution < -0.4 is 5.32 Å². The third-order valence-corrected chi connectivity index (χ3v) is 7.58. The predicted octanol–water partition coefficient (Wildman–Crippen LogP) is 4.00. The summed E-state index contributed by atoms with van der Waals surface area (Å²) in [6.45, 7) is 3.73. The SMILES string of the molecule is CON(C)S(=O)(=O)c1ccc(NC(=O)c2cc(-c3ccc(C)s3)nc3onc(C)c23)cc1. The summed E-state index contributed by atoms with van der Waals surface area (Å²) in [5.41, 5.74) is 2.24. The van der Waals surface area contributed by atoms with Crippen molar-refractivity contribution in [1.82, 2.24) is 14.6 Å². The number of rotatable bonds is 6. The highest BCUT2D eigenvalue weighted by molar-refractivity contribution is 7.89. The molecule has 32 heavy (non-hydrogen) atoms. The predicted molar refractivity (Wildman–Crippen MR) is 121 cm³/mol. The molecule has 0 unspecified atom stereocenters. The van der Waals surface area contributed by atoms with Gasteiger partial charge in [0.15, 0.2) is 0 Å². The summed E-state index contributed by atoms with van der Waals surface area (Å²) in [6, 6.07) is 11.4. The normalized spacial score (nSPS) is 11.9. The minimum Gasteiger partial charge on any atom is -0.335 e. The average molecular weight is 473 g/mol. The van der Waals surface area contributed by atoms with E-state index in [0.717, 1.165) is 14.2 Å². The number of aromatic nitrogens is 2. The van der Waals surface area contributed by atoms with E-state index in [1.807, 2.05) is 19.1 Å². The standard InChI is InChI=1S/C21H20N4O5S2/c1-12-5-10-18(31-12)17-11-16(19-13(2)24-30-21(19)23-17)20(26)22-14-6-8-15(9-7-14)32(27,28)25(3)29-4/h5-11H,1-4H3,(H,22,26). The monoisotopic (exact) mass is 472 g/mol. The Kier molecular flexibility index (Phi) is 5.82. The number of benzene rings is 1. The summed E-state index contributed by atoms with van der Waals surface area (Å²) in [7, 11) is -1.21. The summed E-state index contributed by atoms with van der Waals surface area (Å²) in [4.78, 5) is 24.5. The van der Waals surface area contributed by atoms with Gasteiger partial charge in [0, 0.05) is 17.6 Å². The van der Waals surface area contributed by atoms with E-state index in [0.29, 0.717) is 28.0 Å². The van der Waals surface area contributed by atoms with Crippen molar-refractivity contribution in [2.75, 3.05) is 19.5 Å². The zero-order valence-electron chi connectivity index (χ0n) is 17.7. The van der Waals surface area contributed by atoms with Gasteiger partial charge in [-0.15, -0.1) is 11.3 Å². The van der Waals surface area contributed by atoms with E-state index < -0.39 is 10.0 Å². The van der Waals surface area contributed by atoms with Crippen molar-refractivity contribution in [2.24, 2.45) is 0 Å². The van der Waals surface area contributed by atoms with Crippen molar-refractivity contribution < 1.29 is 22.6 Å². The molecule has 4 aromatic rings. The number of hydrogen-bond donors (Lipinski definition) is 1. The Hall–Kier alpha value is -3.12. The number of hydrogen-bond acceptors (Lipinski definition) is 8. The molecule has 4 rings (SSSR count). The molecule has 0 bridgehead atoms. The molecule has 0 aliphatic heterocycles. The van der Waals surface area contributed by atoms with Crippen molar-refractivity contribution in [2.45, 2.75) is 18.7 Å². The summed E-state index contributed by atoms with van der Waals surface area (Å²) in [5.74, 6) is -0.386. The van der Waals surface area contributed by atoms with E-state index in [4.69, 9.17) is 9.36 Å². The zero-order valence-corrected chi connectivity index (χ0v) is 19.4. The first-order valence-corrected chi connectivity index (χ1v) is 11.7. The van der Waals surface area contributed by atoms with E-state index in [-0.39, 0.29) is 16.5 Å². The fourth-order valence-corrected chi connectivity index (χ4v) is 4.93. The maximum absolute atomic E-state index is 13.2. The lowest BCUT2D eigenvalue weighted by Gasteiger charge is -2.14. The first-order chi connectivity index (χ1) is 15.2. The minimum absolute atomic E-state index is 0.0383. The van der Waals surface area contributed by atoms with Crippen LogP contribution in [0.1, 0.15) is 20.9 Å². The van der Waals surface area contributed by atoms with Crippen LogP contribution in [0.3, 0.4) is 0 Å². The third kappa shape index (κ3) is 4.02. The first kappa shape index (κ1) is 22.1. The summed E-state index contributed by atoms with van der Waals surface area (Å²) in [6.07, 6.45) is 0. The number of anilines is 1. The van der Waals surface area contributed by atoms with E-state index in [1.165, 1.54) is 38.4 Å². The molecule has 11 heteroatoms. The van der Waals surface area contributed by atoms with E-state index >= 15 is 0 Å². The van der Waals surface area contributed by atoms with Crippen LogP contribution in [0.2, 0.25) is 0 Å². The van der Waals surface area contributed by atoms with Gasteiger partial charge < -0.3 is 9.84 Å². The number of fused-ring (bicyclic) bond motifs is 1. The molecule has 0 saturated heterocycles. The number of pyridine rings is 1. The molecule has 166 valence electrons. The number of thiophene rings is 1. The molecule has 0 aliphatic rings. The molecule has 1 amide bonds. The second-order valence-electron chi connectivity index (χ2n) is 6.99. The molecular weight excluding hydrogens is 452 g/mol. The van der Waals surface area contributed by atoms with Crippen LogP contribution in [0, 0.1) is 13.8 Å².